The third kappa shape index (κ3) is 24.3. The first-order valence-corrected chi connectivity index (χ1v) is 16.2. The third-order valence-corrected chi connectivity index (χ3v) is 7.69. The van der Waals surface area contributed by atoms with Gasteiger partial charge in [0.15, 0.2) is 0 Å². The first kappa shape index (κ1) is 29.1. The van der Waals surface area contributed by atoms with Gasteiger partial charge in [-0.25, -0.2) is 0 Å². The first-order chi connectivity index (χ1) is 14.1. The first-order valence-electron chi connectivity index (χ1n) is 13.4. The number of hydrogen-bond donors (Lipinski definition) is 0. The highest BCUT2D eigenvalue weighted by Gasteiger charge is 2.23. The molecule has 0 saturated carbocycles. The van der Waals surface area contributed by atoms with E-state index in [4.69, 9.17) is 8.85 Å². The van der Waals surface area contributed by atoms with Gasteiger partial charge in [-0.15, -0.1) is 0 Å². The molecule has 0 saturated heterocycles. The van der Waals surface area contributed by atoms with E-state index in [9.17, 15) is 0 Å². The Morgan fingerprint density at radius 3 is 0.931 bits per heavy atom. The summed E-state index contributed by atoms with van der Waals surface area (Å²) in [5.74, 6) is 0. The van der Waals surface area contributed by atoms with Gasteiger partial charge in [-0.3, -0.25) is 0 Å². The molecule has 0 bridgehead atoms. The van der Waals surface area contributed by atoms with Gasteiger partial charge in [0.05, 0.1) is 0 Å². The van der Waals surface area contributed by atoms with Crippen LogP contribution in [0.3, 0.4) is 0 Å². The molecule has 176 valence electrons. The molecule has 0 aliphatic carbocycles. The summed E-state index contributed by atoms with van der Waals surface area (Å²) in [5, 5.41) is 0. The van der Waals surface area contributed by atoms with Gasteiger partial charge in [-0.2, -0.15) is 0 Å². The Kier molecular flexibility index (Phi) is 22.9. The van der Waals surface area contributed by atoms with Crippen LogP contribution in [0.25, 0.3) is 0 Å². The molecule has 29 heavy (non-hydrogen) atoms. The molecule has 0 spiro atoms. The Labute approximate surface area is 186 Å². The van der Waals surface area contributed by atoms with Gasteiger partial charge >= 0.3 is 8.56 Å². The summed E-state index contributed by atoms with van der Waals surface area (Å²) in [7, 11) is -1.87. The van der Waals surface area contributed by atoms with E-state index in [0.29, 0.717) is 0 Å². The molecular formula is C26H56O2Si. The highest BCUT2D eigenvalue weighted by molar-refractivity contribution is 6.64. The van der Waals surface area contributed by atoms with Gasteiger partial charge in [-0.05, 0) is 25.9 Å². The second-order valence-corrected chi connectivity index (χ2v) is 12.8. The zero-order valence-electron chi connectivity index (χ0n) is 20.9. The van der Waals surface area contributed by atoms with Crippen LogP contribution in [-0.2, 0) is 8.85 Å². The van der Waals surface area contributed by atoms with Gasteiger partial charge < -0.3 is 8.85 Å². The van der Waals surface area contributed by atoms with E-state index < -0.39 is 8.56 Å². The van der Waals surface area contributed by atoms with Gasteiger partial charge in [0, 0.05) is 13.2 Å². The van der Waals surface area contributed by atoms with E-state index in [-0.39, 0.29) is 0 Å². The Hall–Kier alpha value is 0.137. The lowest BCUT2D eigenvalue weighted by Gasteiger charge is -2.22. The van der Waals surface area contributed by atoms with E-state index >= 15 is 0 Å². The van der Waals surface area contributed by atoms with Crippen LogP contribution in [0.15, 0.2) is 0 Å². The fourth-order valence-electron chi connectivity index (χ4n) is 3.86. The molecule has 0 unspecified atom stereocenters. The average Bonchev–Trinajstić information content (AvgIpc) is 2.70. The summed E-state index contributed by atoms with van der Waals surface area (Å²) in [6.45, 7) is 10.7. The maximum atomic E-state index is 6.07. The predicted molar refractivity (Wildman–Crippen MR) is 133 cm³/mol. The van der Waals surface area contributed by atoms with Crippen LogP contribution in [0.1, 0.15) is 142 Å². The van der Waals surface area contributed by atoms with Crippen molar-refractivity contribution >= 4 is 8.56 Å². The van der Waals surface area contributed by atoms with Gasteiger partial charge in [0.1, 0.15) is 0 Å². The predicted octanol–water partition coefficient (Wildman–Crippen LogP) is 9.56. The van der Waals surface area contributed by atoms with Crippen LogP contribution in [-0.4, -0.2) is 21.8 Å². The molecule has 0 aromatic heterocycles. The summed E-state index contributed by atoms with van der Waals surface area (Å²) >= 11 is 0. The molecule has 0 N–H and O–H groups in total. The molecule has 0 heterocycles. The standard InChI is InChI=1S/C26H56O2Si/c1-5-7-9-11-12-13-14-15-16-17-18-19-20-21-22-24-26-28-29(3,4)27-25-23-10-8-6-2/h5-26H2,1-4H3. The van der Waals surface area contributed by atoms with Crippen molar-refractivity contribution in [2.45, 2.75) is 155 Å². The highest BCUT2D eigenvalue weighted by Crippen LogP contribution is 2.14. The van der Waals surface area contributed by atoms with Gasteiger partial charge in [0.2, 0.25) is 0 Å². The Morgan fingerprint density at radius 1 is 0.379 bits per heavy atom. The van der Waals surface area contributed by atoms with Crippen molar-refractivity contribution < 1.29 is 8.85 Å². The second kappa shape index (κ2) is 22.8. The molecule has 0 aromatic rings. The van der Waals surface area contributed by atoms with Crippen LogP contribution in [0.4, 0.5) is 0 Å². The molecule has 0 fully saturated rings. The fraction of sp³-hybridized carbons (Fsp3) is 1.00. The second-order valence-electron chi connectivity index (χ2n) is 9.46. The Balaban J connectivity index is 3.21. The molecule has 0 amide bonds. The lowest BCUT2D eigenvalue weighted by Crippen LogP contribution is -2.35. The van der Waals surface area contributed by atoms with Crippen molar-refractivity contribution in [1.82, 2.24) is 0 Å². The summed E-state index contributed by atoms with van der Waals surface area (Å²) in [6.07, 6.45) is 27.8. The van der Waals surface area contributed by atoms with E-state index in [0.717, 1.165) is 13.2 Å². The minimum atomic E-state index is -1.87. The van der Waals surface area contributed by atoms with Crippen molar-refractivity contribution in [2.75, 3.05) is 13.2 Å². The lowest BCUT2D eigenvalue weighted by molar-refractivity contribution is 0.173. The molecule has 0 aliphatic rings. The zero-order chi connectivity index (χ0) is 21.5. The zero-order valence-corrected chi connectivity index (χ0v) is 21.9. The summed E-state index contributed by atoms with van der Waals surface area (Å²) in [5.41, 5.74) is 0. The van der Waals surface area contributed by atoms with Crippen molar-refractivity contribution in [2.24, 2.45) is 0 Å². The van der Waals surface area contributed by atoms with Crippen molar-refractivity contribution in [3.05, 3.63) is 0 Å². The molecule has 2 nitrogen and oxygen atoms in total. The van der Waals surface area contributed by atoms with E-state index in [2.05, 4.69) is 26.9 Å². The minimum absolute atomic E-state index is 0.887. The van der Waals surface area contributed by atoms with Gasteiger partial charge in [-0.1, -0.05) is 129 Å². The number of unbranched alkanes of at least 4 members (excludes halogenated alkanes) is 18. The molecule has 0 aliphatic heterocycles. The van der Waals surface area contributed by atoms with Crippen molar-refractivity contribution in [1.29, 1.82) is 0 Å². The molecule has 3 heteroatoms. The highest BCUT2D eigenvalue weighted by atomic mass is 28.4. The molecule has 0 rings (SSSR count). The van der Waals surface area contributed by atoms with Crippen LogP contribution in [0.2, 0.25) is 13.1 Å². The van der Waals surface area contributed by atoms with Crippen LogP contribution < -0.4 is 0 Å². The SMILES string of the molecule is CCCCCCCCCCCCCCCCCCO[Si](C)(C)OCCCCCC. The van der Waals surface area contributed by atoms with Crippen molar-refractivity contribution in [3.8, 4) is 0 Å². The van der Waals surface area contributed by atoms with E-state index in [1.807, 2.05) is 0 Å². The Morgan fingerprint density at radius 2 is 0.621 bits per heavy atom. The van der Waals surface area contributed by atoms with Crippen molar-refractivity contribution in [3.63, 3.8) is 0 Å². The van der Waals surface area contributed by atoms with E-state index in [1.165, 1.54) is 128 Å². The molecule has 0 atom stereocenters. The largest absolute Gasteiger partial charge is 0.395 e. The normalized spacial score (nSPS) is 12.0. The summed E-state index contributed by atoms with van der Waals surface area (Å²) < 4.78 is 12.1. The maximum absolute atomic E-state index is 6.07. The molecule has 0 aromatic carbocycles. The van der Waals surface area contributed by atoms with Crippen LogP contribution in [0.5, 0.6) is 0 Å². The monoisotopic (exact) mass is 428 g/mol. The number of hydrogen-bond acceptors (Lipinski definition) is 2. The van der Waals surface area contributed by atoms with E-state index in [1.54, 1.807) is 0 Å². The minimum Gasteiger partial charge on any atom is -0.395 e. The van der Waals surface area contributed by atoms with Crippen LogP contribution >= 0.6 is 0 Å². The smallest absolute Gasteiger partial charge is 0.331 e. The average molecular weight is 429 g/mol. The molecule has 0 radical (unpaired) electrons. The third-order valence-electron chi connectivity index (χ3n) is 5.90. The fourth-order valence-corrected chi connectivity index (χ4v) is 5.21. The number of rotatable bonds is 24. The summed E-state index contributed by atoms with van der Waals surface area (Å²) in [6, 6.07) is 0. The summed E-state index contributed by atoms with van der Waals surface area (Å²) in [4.78, 5) is 0. The quantitative estimate of drug-likeness (QED) is 0.112. The van der Waals surface area contributed by atoms with Gasteiger partial charge in [0.25, 0.3) is 0 Å². The molecular weight excluding hydrogens is 372 g/mol. The maximum Gasteiger partial charge on any atom is 0.331 e. The topological polar surface area (TPSA) is 18.5 Å². The lowest BCUT2D eigenvalue weighted by atomic mass is 10.0. The van der Waals surface area contributed by atoms with Crippen LogP contribution in [0, 0.1) is 0 Å². The Bertz CT molecular complexity index is 307.